The molecule has 0 bridgehead atoms. The molecule has 4 nitrogen and oxygen atoms in total. The second-order valence-electron chi connectivity index (χ2n) is 8.62. The molecule has 2 N–H and O–H groups in total. The SMILES string of the molecule is CNC(=O)OC1CCC2C3C(C)Cc4cc(O)ccc4C3CCC12C. The quantitative estimate of drug-likeness (QED) is 0.803. The Balaban J connectivity index is 1.64. The fourth-order valence-corrected chi connectivity index (χ4v) is 6.30. The first-order valence-electron chi connectivity index (χ1n) is 9.64. The standard InChI is InChI=1S/C21H29NO3/c1-12-10-13-11-14(23)4-5-15(13)16-8-9-21(2)17(19(12)16)6-7-18(21)25-20(24)22-3/h4-5,11-12,16-19,23H,6-10H2,1-3H3,(H,22,24). The Labute approximate surface area is 150 Å². The molecule has 6 unspecified atom stereocenters. The lowest BCUT2D eigenvalue weighted by molar-refractivity contribution is -0.0420. The Morgan fingerprint density at radius 1 is 1.32 bits per heavy atom. The minimum atomic E-state index is -0.300. The van der Waals surface area contributed by atoms with Crippen molar-refractivity contribution in [2.45, 2.75) is 58.0 Å². The maximum atomic E-state index is 11.8. The van der Waals surface area contributed by atoms with Gasteiger partial charge < -0.3 is 15.2 Å². The van der Waals surface area contributed by atoms with Crippen molar-refractivity contribution in [3.8, 4) is 5.75 Å². The van der Waals surface area contributed by atoms with Crippen molar-refractivity contribution in [3.63, 3.8) is 0 Å². The summed E-state index contributed by atoms with van der Waals surface area (Å²) in [5.74, 6) is 2.82. The molecule has 2 saturated carbocycles. The predicted molar refractivity (Wildman–Crippen MR) is 96.6 cm³/mol. The topological polar surface area (TPSA) is 58.6 Å². The van der Waals surface area contributed by atoms with Crippen LogP contribution in [-0.2, 0) is 11.2 Å². The molecular formula is C21H29NO3. The van der Waals surface area contributed by atoms with Crippen LogP contribution in [-0.4, -0.2) is 24.4 Å². The number of aromatic hydroxyl groups is 1. The van der Waals surface area contributed by atoms with Crippen molar-refractivity contribution in [2.75, 3.05) is 7.05 Å². The van der Waals surface area contributed by atoms with Gasteiger partial charge in [0.15, 0.2) is 0 Å². The molecule has 0 aromatic heterocycles. The summed E-state index contributed by atoms with van der Waals surface area (Å²) in [6, 6.07) is 5.94. The van der Waals surface area contributed by atoms with Gasteiger partial charge in [-0.25, -0.2) is 4.79 Å². The molecule has 0 heterocycles. The number of phenols is 1. The molecule has 6 atom stereocenters. The molecular weight excluding hydrogens is 314 g/mol. The first kappa shape index (κ1) is 16.7. The molecule has 0 radical (unpaired) electrons. The van der Waals surface area contributed by atoms with E-state index in [1.165, 1.54) is 11.1 Å². The second kappa shape index (κ2) is 5.93. The maximum absolute atomic E-state index is 11.8. The Hall–Kier alpha value is -1.71. The minimum absolute atomic E-state index is 0.0341. The van der Waals surface area contributed by atoms with Crippen LogP contribution in [0.5, 0.6) is 5.75 Å². The number of carbonyl (C=O) groups is 1. The van der Waals surface area contributed by atoms with Crippen molar-refractivity contribution < 1.29 is 14.6 Å². The molecule has 4 rings (SSSR count). The highest BCUT2D eigenvalue weighted by atomic mass is 16.6. The van der Waals surface area contributed by atoms with Crippen LogP contribution in [0.15, 0.2) is 18.2 Å². The molecule has 25 heavy (non-hydrogen) atoms. The number of rotatable bonds is 1. The van der Waals surface area contributed by atoms with Gasteiger partial charge >= 0.3 is 6.09 Å². The molecule has 0 saturated heterocycles. The minimum Gasteiger partial charge on any atom is -0.508 e. The zero-order chi connectivity index (χ0) is 17.8. The summed E-state index contributed by atoms with van der Waals surface area (Å²) in [5, 5.41) is 12.5. The summed E-state index contributed by atoms with van der Waals surface area (Å²) < 4.78 is 5.75. The van der Waals surface area contributed by atoms with Gasteiger partial charge in [-0.2, -0.15) is 0 Å². The number of hydrogen-bond donors (Lipinski definition) is 2. The number of hydrogen-bond acceptors (Lipinski definition) is 3. The maximum Gasteiger partial charge on any atom is 0.407 e. The van der Waals surface area contributed by atoms with E-state index in [0.29, 0.717) is 29.4 Å². The van der Waals surface area contributed by atoms with Crippen LogP contribution in [0.25, 0.3) is 0 Å². The molecule has 1 aromatic carbocycles. The third kappa shape index (κ3) is 2.52. The van der Waals surface area contributed by atoms with Crippen LogP contribution in [0, 0.1) is 23.2 Å². The average molecular weight is 343 g/mol. The fraction of sp³-hybridized carbons (Fsp3) is 0.667. The molecule has 3 aliphatic rings. The molecule has 3 aliphatic carbocycles. The highest BCUT2D eigenvalue weighted by Gasteiger charge is 2.57. The zero-order valence-corrected chi connectivity index (χ0v) is 15.4. The number of benzene rings is 1. The first-order valence-corrected chi connectivity index (χ1v) is 9.64. The van der Waals surface area contributed by atoms with Gasteiger partial charge in [0, 0.05) is 12.5 Å². The Kier molecular flexibility index (Phi) is 3.97. The number of phenolic OH excluding ortho intramolecular Hbond substituents is 1. The van der Waals surface area contributed by atoms with E-state index in [-0.39, 0.29) is 17.6 Å². The van der Waals surface area contributed by atoms with Gasteiger partial charge in [0.1, 0.15) is 11.9 Å². The van der Waals surface area contributed by atoms with Gasteiger partial charge in [0.2, 0.25) is 0 Å². The fourth-order valence-electron chi connectivity index (χ4n) is 6.30. The normalized spacial score (nSPS) is 39.1. The number of amides is 1. The van der Waals surface area contributed by atoms with E-state index in [1.807, 2.05) is 12.1 Å². The van der Waals surface area contributed by atoms with E-state index >= 15 is 0 Å². The lowest BCUT2D eigenvalue weighted by atomic mass is 9.53. The van der Waals surface area contributed by atoms with E-state index in [1.54, 1.807) is 7.05 Å². The number of alkyl carbamates (subject to hydrolysis) is 1. The van der Waals surface area contributed by atoms with Crippen molar-refractivity contribution >= 4 is 6.09 Å². The smallest absolute Gasteiger partial charge is 0.407 e. The van der Waals surface area contributed by atoms with Gasteiger partial charge in [-0.3, -0.25) is 0 Å². The Morgan fingerprint density at radius 2 is 2.12 bits per heavy atom. The van der Waals surface area contributed by atoms with Crippen molar-refractivity contribution in [2.24, 2.45) is 23.2 Å². The van der Waals surface area contributed by atoms with Crippen molar-refractivity contribution in [3.05, 3.63) is 29.3 Å². The summed E-state index contributed by atoms with van der Waals surface area (Å²) in [7, 11) is 1.63. The zero-order valence-electron chi connectivity index (χ0n) is 15.4. The molecule has 136 valence electrons. The average Bonchev–Trinajstić information content (AvgIpc) is 2.90. The molecule has 0 spiro atoms. The van der Waals surface area contributed by atoms with E-state index < -0.39 is 0 Å². The molecule has 1 amide bonds. The first-order chi connectivity index (χ1) is 11.9. The van der Waals surface area contributed by atoms with Crippen LogP contribution in [0.1, 0.15) is 56.6 Å². The van der Waals surface area contributed by atoms with Gasteiger partial charge in [-0.15, -0.1) is 0 Å². The monoisotopic (exact) mass is 343 g/mol. The number of carbonyl (C=O) groups excluding carboxylic acids is 1. The highest BCUT2D eigenvalue weighted by Crippen LogP contribution is 2.62. The Bertz CT molecular complexity index is 688. The summed E-state index contributed by atoms with van der Waals surface area (Å²) in [5.41, 5.74) is 2.86. The summed E-state index contributed by atoms with van der Waals surface area (Å²) in [6.45, 7) is 4.71. The summed E-state index contributed by atoms with van der Waals surface area (Å²) in [4.78, 5) is 11.8. The largest absolute Gasteiger partial charge is 0.508 e. The molecule has 4 heteroatoms. The van der Waals surface area contributed by atoms with Crippen LogP contribution < -0.4 is 5.32 Å². The number of ether oxygens (including phenoxy) is 1. The van der Waals surface area contributed by atoms with E-state index in [9.17, 15) is 9.90 Å². The van der Waals surface area contributed by atoms with Crippen LogP contribution in [0.4, 0.5) is 4.79 Å². The predicted octanol–water partition coefficient (Wildman–Crippen LogP) is 4.22. The molecule has 0 aliphatic heterocycles. The lowest BCUT2D eigenvalue weighted by Gasteiger charge is -2.52. The van der Waals surface area contributed by atoms with Gasteiger partial charge in [0.25, 0.3) is 0 Å². The molecule has 1 aromatic rings. The highest BCUT2D eigenvalue weighted by molar-refractivity contribution is 5.67. The van der Waals surface area contributed by atoms with Gasteiger partial charge in [0.05, 0.1) is 0 Å². The number of fused-ring (bicyclic) bond motifs is 5. The second-order valence-corrected chi connectivity index (χ2v) is 8.62. The lowest BCUT2D eigenvalue weighted by Crippen LogP contribution is -2.48. The third-order valence-corrected chi connectivity index (χ3v) is 7.42. The van der Waals surface area contributed by atoms with Crippen molar-refractivity contribution in [1.29, 1.82) is 0 Å². The molecule has 2 fully saturated rings. The van der Waals surface area contributed by atoms with Gasteiger partial charge in [-0.1, -0.05) is 19.9 Å². The van der Waals surface area contributed by atoms with Crippen molar-refractivity contribution in [1.82, 2.24) is 5.32 Å². The van der Waals surface area contributed by atoms with Crippen LogP contribution in [0.2, 0.25) is 0 Å². The number of nitrogens with one attached hydrogen (secondary N) is 1. The third-order valence-electron chi connectivity index (χ3n) is 7.42. The van der Waals surface area contributed by atoms with Gasteiger partial charge in [-0.05, 0) is 79.0 Å². The van der Waals surface area contributed by atoms with E-state index in [0.717, 1.165) is 32.1 Å². The van der Waals surface area contributed by atoms with E-state index in [2.05, 4.69) is 25.2 Å². The summed E-state index contributed by atoms with van der Waals surface area (Å²) >= 11 is 0. The van der Waals surface area contributed by atoms with E-state index in [4.69, 9.17) is 4.74 Å². The van der Waals surface area contributed by atoms with Crippen LogP contribution >= 0.6 is 0 Å². The van der Waals surface area contributed by atoms with Crippen LogP contribution in [0.3, 0.4) is 0 Å². The Morgan fingerprint density at radius 3 is 2.88 bits per heavy atom. The summed E-state index contributed by atoms with van der Waals surface area (Å²) in [6.07, 6.45) is 5.15.